The zero-order valence-corrected chi connectivity index (χ0v) is 8.74. The number of hydrogen-bond acceptors (Lipinski definition) is 3. The minimum atomic E-state index is -4.37. The third kappa shape index (κ3) is 2.58. The molecule has 0 saturated heterocycles. The number of oxime groups is 1. The molecule has 1 aromatic carbocycles. The lowest BCUT2D eigenvalue weighted by Crippen LogP contribution is -2.13. The molecule has 1 aromatic rings. The van der Waals surface area contributed by atoms with E-state index in [9.17, 15) is 13.2 Å². The Balaban J connectivity index is 2.23. The highest BCUT2D eigenvalue weighted by Crippen LogP contribution is 2.30. The molecule has 1 aliphatic heterocycles. The quantitative estimate of drug-likeness (QED) is 0.867. The van der Waals surface area contributed by atoms with Gasteiger partial charge in [-0.3, -0.25) is 0 Å². The average molecular weight is 245 g/mol. The Hall–Kier alpha value is -1.56. The maximum absolute atomic E-state index is 12.5. The van der Waals surface area contributed by atoms with E-state index in [0.717, 1.165) is 12.1 Å². The van der Waals surface area contributed by atoms with E-state index in [1.54, 1.807) is 0 Å². The molecule has 0 spiro atoms. The molecule has 3 nitrogen and oxygen atoms in total. The molecule has 1 atom stereocenters. The Bertz CT molecular complexity index is 443. The molecule has 92 valence electrons. The van der Waals surface area contributed by atoms with E-state index < -0.39 is 17.8 Å². The van der Waals surface area contributed by atoms with Crippen molar-refractivity contribution in [1.29, 1.82) is 0 Å². The van der Waals surface area contributed by atoms with Crippen molar-refractivity contribution in [3.05, 3.63) is 35.4 Å². The Morgan fingerprint density at radius 2 is 2.18 bits per heavy atom. The Labute approximate surface area is 95.5 Å². The van der Waals surface area contributed by atoms with Crippen LogP contribution in [0.15, 0.2) is 29.4 Å². The van der Waals surface area contributed by atoms with Crippen molar-refractivity contribution in [2.75, 3.05) is 6.61 Å². The van der Waals surface area contributed by atoms with Crippen molar-refractivity contribution in [3.8, 4) is 0 Å². The van der Waals surface area contributed by atoms with Gasteiger partial charge in [0.05, 0.1) is 17.9 Å². The van der Waals surface area contributed by atoms with Crippen molar-refractivity contribution in [2.24, 2.45) is 5.16 Å². The van der Waals surface area contributed by atoms with Gasteiger partial charge in [0.25, 0.3) is 0 Å². The standard InChI is InChI=1S/C11H10F3NO2/c12-11(13,14)8-3-1-2-7(4-8)10-5-9(6-16)17-15-10/h1-4,9,16H,5-6H2. The van der Waals surface area contributed by atoms with E-state index >= 15 is 0 Å². The molecule has 0 amide bonds. The number of nitrogens with zero attached hydrogens (tertiary/aromatic N) is 1. The summed E-state index contributed by atoms with van der Waals surface area (Å²) in [6, 6.07) is 4.90. The van der Waals surface area contributed by atoms with Crippen molar-refractivity contribution in [1.82, 2.24) is 0 Å². The summed E-state index contributed by atoms with van der Waals surface area (Å²) in [4.78, 5) is 4.85. The number of hydrogen-bond donors (Lipinski definition) is 1. The fourth-order valence-electron chi connectivity index (χ4n) is 1.57. The van der Waals surface area contributed by atoms with Gasteiger partial charge in [0.2, 0.25) is 0 Å². The van der Waals surface area contributed by atoms with Crippen LogP contribution in [0.3, 0.4) is 0 Å². The van der Waals surface area contributed by atoms with Crippen molar-refractivity contribution in [2.45, 2.75) is 18.7 Å². The van der Waals surface area contributed by atoms with E-state index in [1.165, 1.54) is 12.1 Å². The number of rotatable bonds is 2. The molecule has 6 heteroatoms. The van der Waals surface area contributed by atoms with Crippen LogP contribution in [0.2, 0.25) is 0 Å². The van der Waals surface area contributed by atoms with E-state index in [4.69, 9.17) is 9.94 Å². The van der Waals surface area contributed by atoms with Gasteiger partial charge in [0, 0.05) is 12.0 Å². The maximum atomic E-state index is 12.5. The molecule has 1 N–H and O–H groups in total. The molecule has 0 aliphatic carbocycles. The van der Waals surface area contributed by atoms with Gasteiger partial charge in [-0.05, 0) is 12.1 Å². The fraction of sp³-hybridized carbons (Fsp3) is 0.364. The second kappa shape index (κ2) is 4.37. The summed E-state index contributed by atoms with van der Waals surface area (Å²) in [6.45, 7) is -0.202. The molecule has 2 rings (SSSR count). The van der Waals surface area contributed by atoms with Gasteiger partial charge >= 0.3 is 6.18 Å². The van der Waals surface area contributed by atoms with Crippen LogP contribution in [0.4, 0.5) is 13.2 Å². The number of aliphatic hydroxyl groups is 1. The SMILES string of the molecule is OCC1CC(c2cccc(C(F)(F)F)c2)=NO1. The first-order chi connectivity index (χ1) is 8.00. The predicted molar refractivity (Wildman–Crippen MR) is 54.6 cm³/mol. The largest absolute Gasteiger partial charge is 0.416 e. The zero-order chi connectivity index (χ0) is 12.5. The van der Waals surface area contributed by atoms with Crippen LogP contribution < -0.4 is 0 Å². The molecule has 1 heterocycles. The second-order valence-corrected chi connectivity index (χ2v) is 3.73. The second-order valence-electron chi connectivity index (χ2n) is 3.73. The lowest BCUT2D eigenvalue weighted by atomic mass is 10.0. The van der Waals surface area contributed by atoms with Crippen LogP contribution in [0, 0.1) is 0 Å². The minimum Gasteiger partial charge on any atom is -0.392 e. The third-order valence-corrected chi connectivity index (χ3v) is 2.46. The van der Waals surface area contributed by atoms with Gasteiger partial charge < -0.3 is 9.94 Å². The molecule has 1 unspecified atom stereocenters. The third-order valence-electron chi connectivity index (χ3n) is 2.46. The van der Waals surface area contributed by atoms with Crippen LogP contribution in [-0.2, 0) is 11.0 Å². The zero-order valence-electron chi connectivity index (χ0n) is 8.74. The topological polar surface area (TPSA) is 41.8 Å². The number of benzene rings is 1. The summed E-state index contributed by atoms with van der Waals surface area (Å²) in [5, 5.41) is 12.5. The van der Waals surface area contributed by atoms with Gasteiger partial charge in [-0.2, -0.15) is 13.2 Å². The van der Waals surface area contributed by atoms with Gasteiger partial charge in [0.15, 0.2) is 6.10 Å². The lowest BCUT2D eigenvalue weighted by Gasteiger charge is -2.08. The number of alkyl halides is 3. The smallest absolute Gasteiger partial charge is 0.392 e. The van der Waals surface area contributed by atoms with Crippen molar-refractivity contribution in [3.63, 3.8) is 0 Å². The highest BCUT2D eigenvalue weighted by Gasteiger charge is 2.31. The van der Waals surface area contributed by atoms with Gasteiger partial charge in [-0.15, -0.1) is 0 Å². The van der Waals surface area contributed by atoms with E-state index in [0.29, 0.717) is 17.7 Å². The maximum Gasteiger partial charge on any atom is 0.416 e. The van der Waals surface area contributed by atoms with Gasteiger partial charge in [-0.25, -0.2) is 0 Å². The van der Waals surface area contributed by atoms with Crippen LogP contribution in [0.25, 0.3) is 0 Å². The van der Waals surface area contributed by atoms with E-state index in [1.807, 2.05) is 0 Å². The summed E-state index contributed by atoms with van der Waals surface area (Å²) in [7, 11) is 0. The van der Waals surface area contributed by atoms with Crippen LogP contribution >= 0.6 is 0 Å². The van der Waals surface area contributed by atoms with Gasteiger partial charge in [0.1, 0.15) is 0 Å². The number of aliphatic hydroxyl groups excluding tert-OH is 1. The van der Waals surface area contributed by atoms with Crippen LogP contribution in [0.1, 0.15) is 17.5 Å². The van der Waals surface area contributed by atoms with E-state index in [2.05, 4.69) is 5.16 Å². The summed E-state index contributed by atoms with van der Waals surface area (Å²) in [5.74, 6) is 0. The first-order valence-corrected chi connectivity index (χ1v) is 5.02. The van der Waals surface area contributed by atoms with Crippen molar-refractivity contribution >= 4 is 5.71 Å². The molecule has 17 heavy (non-hydrogen) atoms. The van der Waals surface area contributed by atoms with E-state index in [-0.39, 0.29) is 6.61 Å². The average Bonchev–Trinajstić information content (AvgIpc) is 2.76. The normalized spacial score (nSPS) is 20.0. The lowest BCUT2D eigenvalue weighted by molar-refractivity contribution is -0.137. The fourth-order valence-corrected chi connectivity index (χ4v) is 1.57. The molecule has 0 radical (unpaired) electrons. The first kappa shape index (κ1) is 11.9. The highest BCUT2D eigenvalue weighted by atomic mass is 19.4. The van der Waals surface area contributed by atoms with Crippen molar-refractivity contribution < 1.29 is 23.1 Å². The summed E-state index contributed by atoms with van der Waals surface area (Å²) in [6.07, 6.45) is -4.51. The Morgan fingerprint density at radius 1 is 1.41 bits per heavy atom. The minimum absolute atomic E-state index is 0.202. The first-order valence-electron chi connectivity index (χ1n) is 5.02. The summed E-state index contributed by atoms with van der Waals surface area (Å²) < 4.78 is 37.5. The predicted octanol–water partition coefficient (Wildman–Crippen LogP) is 2.19. The van der Waals surface area contributed by atoms with Gasteiger partial charge in [-0.1, -0.05) is 17.3 Å². The highest BCUT2D eigenvalue weighted by molar-refractivity contribution is 6.01. The molecule has 0 bridgehead atoms. The Kier molecular flexibility index (Phi) is 3.06. The molecular formula is C11H10F3NO2. The monoisotopic (exact) mass is 245 g/mol. The molecule has 1 aliphatic rings. The summed E-state index contributed by atoms with van der Waals surface area (Å²) in [5.41, 5.74) is 0.0797. The van der Waals surface area contributed by atoms with Crippen LogP contribution in [0.5, 0.6) is 0 Å². The summed E-state index contributed by atoms with van der Waals surface area (Å²) >= 11 is 0. The molecule has 0 saturated carbocycles. The van der Waals surface area contributed by atoms with Crippen LogP contribution in [-0.4, -0.2) is 23.5 Å². The Morgan fingerprint density at radius 3 is 2.76 bits per heavy atom. The molecule has 0 fully saturated rings. The molecule has 0 aromatic heterocycles. The molecular weight excluding hydrogens is 235 g/mol. The number of halogens is 3.